The van der Waals surface area contributed by atoms with Gasteiger partial charge in [0.1, 0.15) is 0 Å². The molecule has 1 atom stereocenters. The third-order valence-electron chi connectivity index (χ3n) is 3.08. The Hall–Kier alpha value is -1.33. The lowest BCUT2D eigenvalue weighted by Gasteiger charge is -2.04. The maximum absolute atomic E-state index is 5.74. The molecule has 0 saturated heterocycles. The molecule has 1 aliphatic rings. The highest BCUT2D eigenvalue weighted by atomic mass is 32.2. The number of thioether (sulfide) groups is 1. The lowest BCUT2D eigenvalue weighted by atomic mass is 10.0. The van der Waals surface area contributed by atoms with Gasteiger partial charge in [-0.2, -0.15) is 0 Å². The Morgan fingerprint density at radius 1 is 1.33 bits per heavy atom. The summed E-state index contributed by atoms with van der Waals surface area (Å²) >= 11 is 1.85. The van der Waals surface area contributed by atoms with Crippen molar-refractivity contribution in [3.05, 3.63) is 41.6 Å². The van der Waals surface area contributed by atoms with Crippen molar-refractivity contribution in [1.82, 2.24) is 10.2 Å². The average Bonchev–Trinajstić information content (AvgIpc) is 3.02. The van der Waals surface area contributed by atoms with Gasteiger partial charge in [0.2, 0.25) is 11.8 Å². The van der Waals surface area contributed by atoms with E-state index in [-0.39, 0.29) is 5.92 Å². The molecule has 5 heteroatoms. The predicted octanol–water partition coefficient (Wildman–Crippen LogP) is 2.20. The normalized spacial score (nSPS) is 17.9. The van der Waals surface area contributed by atoms with Gasteiger partial charge in [-0.05, 0) is 24.6 Å². The van der Waals surface area contributed by atoms with Gasteiger partial charge in [-0.1, -0.05) is 18.2 Å². The number of benzene rings is 1. The van der Waals surface area contributed by atoms with Gasteiger partial charge in [0, 0.05) is 17.1 Å². The molecule has 18 heavy (non-hydrogen) atoms. The highest BCUT2D eigenvalue weighted by molar-refractivity contribution is 7.99. The van der Waals surface area contributed by atoms with E-state index in [9.17, 15) is 0 Å². The summed E-state index contributed by atoms with van der Waals surface area (Å²) in [4.78, 5) is 1.32. The van der Waals surface area contributed by atoms with Crippen LogP contribution in [-0.4, -0.2) is 22.5 Å². The molecule has 0 fully saturated rings. The quantitative estimate of drug-likeness (QED) is 0.914. The van der Waals surface area contributed by atoms with Crippen LogP contribution in [0.1, 0.15) is 29.7 Å². The summed E-state index contributed by atoms with van der Waals surface area (Å²) in [5.41, 5.74) is 6.78. The molecule has 3 rings (SSSR count). The van der Waals surface area contributed by atoms with E-state index in [1.165, 1.54) is 10.5 Å². The summed E-state index contributed by atoms with van der Waals surface area (Å²) in [6.45, 7) is 0.653. The van der Waals surface area contributed by atoms with Crippen molar-refractivity contribution in [3.8, 4) is 0 Å². The standard InChI is InChI=1S/C13H15N3OS/c14-7-3-6-12-15-16-13(17-12)10-8-18-11-5-2-1-4-9(10)11/h1-2,4-5,10H,3,6-8,14H2. The van der Waals surface area contributed by atoms with Gasteiger partial charge in [-0.25, -0.2) is 0 Å². The minimum absolute atomic E-state index is 0.241. The molecular formula is C13H15N3OS. The van der Waals surface area contributed by atoms with Crippen LogP contribution >= 0.6 is 11.8 Å². The van der Waals surface area contributed by atoms with E-state index < -0.39 is 0 Å². The topological polar surface area (TPSA) is 64.9 Å². The number of nitrogens with zero attached hydrogens (tertiary/aromatic N) is 2. The maximum atomic E-state index is 5.74. The number of hydrogen-bond acceptors (Lipinski definition) is 5. The minimum Gasteiger partial charge on any atom is -0.425 e. The number of fused-ring (bicyclic) bond motifs is 1. The maximum Gasteiger partial charge on any atom is 0.224 e. The second-order valence-corrected chi connectivity index (χ2v) is 5.39. The number of hydrogen-bond donors (Lipinski definition) is 1. The third kappa shape index (κ3) is 2.15. The zero-order valence-electron chi connectivity index (χ0n) is 10.0. The van der Waals surface area contributed by atoms with Gasteiger partial charge in [0.15, 0.2) is 0 Å². The third-order valence-corrected chi connectivity index (χ3v) is 4.26. The highest BCUT2D eigenvalue weighted by Gasteiger charge is 2.28. The minimum atomic E-state index is 0.241. The summed E-state index contributed by atoms with van der Waals surface area (Å²) < 4.78 is 5.74. The molecule has 1 aromatic heterocycles. The van der Waals surface area contributed by atoms with Gasteiger partial charge < -0.3 is 10.2 Å². The molecule has 4 nitrogen and oxygen atoms in total. The molecule has 2 aromatic rings. The highest BCUT2D eigenvalue weighted by Crippen LogP contribution is 2.42. The molecular weight excluding hydrogens is 246 g/mol. The van der Waals surface area contributed by atoms with Crippen LogP contribution in [0.25, 0.3) is 0 Å². The monoisotopic (exact) mass is 261 g/mol. The Labute approximate surface area is 110 Å². The van der Waals surface area contributed by atoms with Crippen LogP contribution in [0.2, 0.25) is 0 Å². The summed E-state index contributed by atoms with van der Waals surface area (Å²) in [7, 11) is 0. The Bertz CT molecular complexity index is 541. The van der Waals surface area contributed by atoms with E-state index >= 15 is 0 Å². The van der Waals surface area contributed by atoms with Crippen LogP contribution in [0.4, 0.5) is 0 Å². The zero-order valence-corrected chi connectivity index (χ0v) is 10.8. The van der Waals surface area contributed by atoms with Crippen LogP contribution < -0.4 is 5.73 Å². The summed E-state index contributed by atoms with van der Waals surface area (Å²) in [6.07, 6.45) is 1.66. The zero-order chi connectivity index (χ0) is 12.4. The first-order valence-electron chi connectivity index (χ1n) is 6.12. The molecule has 94 valence electrons. The smallest absolute Gasteiger partial charge is 0.224 e. The van der Waals surface area contributed by atoms with E-state index in [1.807, 2.05) is 11.8 Å². The molecule has 0 aliphatic carbocycles. The fraction of sp³-hybridized carbons (Fsp3) is 0.385. The number of nitrogens with two attached hydrogens (primary N) is 1. The van der Waals surface area contributed by atoms with Crippen molar-refractivity contribution >= 4 is 11.8 Å². The largest absolute Gasteiger partial charge is 0.425 e. The van der Waals surface area contributed by atoms with Crippen molar-refractivity contribution in [3.63, 3.8) is 0 Å². The van der Waals surface area contributed by atoms with E-state index in [4.69, 9.17) is 10.2 Å². The van der Waals surface area contributed by atoms with Gasteiger partial charge in [-0.15, -0.1) is 22.0 Å². The van der Waals surface area contributed by atoms with Crippen LogP contribution in [-0.2, 0) is 6.42 Å². The summed E-state index contributed by atoms with van der Waals surface area (Å²) in [6, 6.07) is 8.41. The van der Waals surface area contributed by atoms with Gasteiger partial charge >= 0.3 is 0 Å². The lowest BCUT2D eigenvalue weighted by Crippen LogP contribution is -2.00. The first-order valence-corrected chi connectivity index (χ1v) is 7.11. The Morgan fingerprint density at radius 3 is 3.11 bits per heavy atom. The van der Waals surface area contributed by atoms with E-state index in [0.29, 0.717) is 12.4 Å². The first kappa shape index (κ1) is 11.7. The van der Waals surface area contributed by atoms with Crippen molar-refractivity contribution in [2.75, 3.05) is 12.3 Å². The molecule has 2 N–H and O–H groups in total. The summed E-state index contributed by atoms with van der Waals surface area (Å²) in [5, 5.41) is 8.27. The Morgan fingerprint density at radius 2 is 2.22 bits per heavy atom. The van der Waals surface area contributed by atoms with Gasteiger partial charge in [0.25, 0.3) is 0 Å². The molecule has 0 saturated carbocycles. The van der Waals surface area contributed by atoms with Crippen molar-refractivity contribution in [1.29, 1.82) is 0 Å². The van der Waals surface area contributed by atoms with Crippen LogP contribution in [0.3, 0.4) is 0 Å². The Balaban J connectivity index is 1.82. The predicted molar refractivity (Wildman–Crippen MR) is 70.7 cm³/mol. The average molecular weight is 261 g/mol. The molecule has 0 radical (unpaired) electrons. The molecule has 2 heterocycles. The SMILES string of the molecule is NCCCc1nnc(C2CSc3ccccc32)o1. The van der Waals surface area contributed by atoms with E-state index in [0.717, 1.165) is 24.5 Å². The molecule has 1 aliphatic heterocycles. The van der Waals surface area contributed by atoms with Gasteiger partial charge in [-0.3, -0.25) is 0 Å². The van der Waals surface area contributed by atoms with E-state index in [1.54, 1.807) is 0 Å². The molecule has 1 aromatic carbocycles. The fourth-order valence-electron chi connectivity index (χ4n) is 2.13. The van der Waals surface area contributed by atoms with Crippen molar-refractivity contribution < 1.29 is 4.42 Å². The molecule has 0 spiro atoms. The first-order chi connectivity index (χ1) is 8.88. The van der Waals surface area contributed by atoms with E-state index in [2.05, 4.69) is 34.5 Å². The second kappa shape index (κ2) is 5.12. The van der Waals surface area contributed by atoms with Crippen molar-refractivity contribution in [2.24, 2.45) is 5.73 Å². The van der Waals surface area contributed by atoms with Crippen molar-refractivity contribution in [2.45, 2.75) is 23.7 Å². The Kier molecular flexibility index (Phi) is 3.34. The molecule has 0 amide bonds. The fourth-order valence-corrected chi connectivity index (χ4v) is 3.35. The van der Waals surface area contributed by atoms with Crippen LogP contribution in [0.5, 0.6) is 0 Å². The van der Waals surface area contributed by atoms with Crippen LogP contribution in [0.15, 0.2) is 33.6 Å². The second-order valence-electron chi connectivity index (χ2n) is 4.33. The lowest BCUT2D eigenvalue weighted by molar-refractivity contribution is 0.437. The number of aryl methyl sites for hydroxylation is 1. The number of aromatic nitrogens is 2. The summed E-state index contributed by atoms with van der Waals surface area (Å²) in [5.74, 6) is 2.66. The number of rotatable bonds is 4. The van der Waals surface area contributed by atoms with Gasteiger partial charge in [0.05, 0.1) is 5.92 Å². The molecule has 1 unspecified atom stereocenters. The van der Waals surface area contributed by atoms with Crippen LogP contribution in [0, 0.1) is 0 Å². The molecule has 0 bridgehead atoms.